The number of nitrogens with zero attached hydrogens (tertiary/aromatic N) is 5. The number of halogens is 4. The highest BCUT2D eigenvalue weighted by Crippen LogP contribution is 2.44. The Morgan fingerprint density at radius 1 is 1.06 bits per heavy atom. The van der Waals surface area contributed by atoms with E-state index in [4.69, 9.17) is 0 Å². The fourth-order valence-corrected chi connectivity index (χ4v) is 7.32. The van der Waals surface area contributed by atoms with Crippen molar-refractivity contribution in [3.63, 3.8) is 0 Å². The molecule has 2 aliphatic heterocycles. The van der Waals surface area contributed by atoms with Crippen LogP contribution in [-0.2, 0) is 21.8 Å². The zero-order chi connectivity index (χ0) is 34.3. The second-order valence-electron chi connectivity index (χ2n) is 11.1. The van der Waals surface area contributed by atoms with Crippen molar-refractivity contribution in [2.75, 3.05) is 23.1 Å². The van der Waals surface area contributed by atoms with Crippen molar-refractivity contribution in [1.29, 1.82) is 5.26 Å². The predicted molar refractivity (Wildman–Crippen MR) is 166 cm³/mol. The fourth-order valence-electron chi connectivity index (χ4n) is 6.00. The highest BCUT2D eigenvalue weighted by Gasteiger charge is 2.48. The summed E-state index contributed by atoms with van der Waals surface area (Å²) in [4.78, 5) is 44.6. The van der Waals surface area contributed by atoms with Gasteiger partial charge in [0.15, 0.2) is 5.69 Å². The van der Waals surface area contributed by atoms with E-state index in [0.29, 0.717) is 17.3 Å². The second kappa shape index (κ2) is 12.7. The minimum absolute atomic E-state index is 0.0264. The van der Waals surface area contributed by atoms with Gasteiger partial charge < -0.3 is 10.2 Å². The fraction of sp³-hybridized carbons (Fsp3) is 0.242. The summed E-state index contributed by atoms with van der Waals surface area (Å²) in [5.74, 6) is -4.34. The second-order valence-corrected chi connectivity index (χ2v) is 12.6. The third kappa shape index (κ3) is 5.83. The Bertz CT molecular complexity index is 1980. The topological polar surface area (TPSA) is 128 Å². The summed E-state index contributed by atoms with van der Waals surface area (Å²) in [6, 6.07) is 16.8. The third-order valence-corrected chi connectivity index (χ3v) is 9.48. The van der Waals surface area contributed by atoms with Crippen LogP contribution in [0.1, 0.15) is 50.4 Å². The number of amides is 3. The van der Waals surface area contributed by atoms with E-state index < -0.39 is 64.1 Å². The number of hydrogen-bond acceptors (Lipinski definition) is 6. The van der Waals surface area contributed by atoms with Crippen molar-refractivity contribution < 1.29 is 36.2 Å². The number of carbonyl (C=O) groups excluding carboxylic acids is 3. The van der Waals surface area contributed by atoms with Gasteiger partial charge in [-0.3, -0.25) is 23.5 Å². The van der Waals surface area contributed by atoms with Gasteiger partial charge >= 0.3 is 6.18 Å². The normalized spacial score (nSPS) is 20.7. The lowest BCUT2D eigenvalue weighted by Gasteiger charge is -2.38. The molecular formula is C33H26F4N6O4S. The zero-order valence-electron chi connectivity index (χ0n) is 25.1. The molecular weight excluding hydrogens is 652 g/mol. The molecule has 6 rings (SSSR count). The molecule has 0 aliphatic carbocycles. The molecule has 1 saturated heterocycles. The first-order valence-electron chi connectivity index (χ1n) is 14.7. The standard InChI is InChI=1S/C33H26F4N6O4S/c1-2-41-30-26(28(40-43(30)23-9-4-3-5-10-23)32(46)42-18-48(47)17-24(42)16-38)25(19-11-13-22(34)14-12-19)27(31(41)45)39-29(44)20-7-6-8-21(15-20)33(35,36)37/h3-15,24-25,27H,2,17-18H2,1H3,(H,39,44). The van der Waals surface area contributed by atoms with Gasteiger partial charge in [-0.15, -0.1) is 0 Å². The molecule has 1 aromatic heterocycles. The molecule has 1 fully saturated rings. The largest absolute Gasteiger partial charge is 0.416 e. The summed E-state index contributed by atoms with van der Waals surface area (Å²) in [6.45, 7) is 1.68. The average Bonchev–Trinajstić information content (AvgIpc) is 3.66. The molecule has 1 N–H and O–H groups in total. The van der Waals surface area contributed by atoms with Gasteiger partial charge in [0.05, 0.1) is 28.9 Å². The van der Waals surface area contributed by atoms with E-state index >= 15 is 0 Å². The summed E-state index contributed by atoms with van der Waals surface area (Å²) in [5.41, 5.74) is -0.723. The number of benzene rings is 3. The number of nitrogens with one attached hydrogen (secondary N) is 1. The van der Waals surface area contributed by atoms with E-state index in [1.807, 2.05) is 6.07 Å². The average molecular weight is 679 g/mol. The lowest BCUT2D eigenvalue weighted by molar-refractivity contribution is -0.137. The molecule has 3 aromatic carbocycles. The van der Waals surface area contributed by atoms with Gasteiger partial charge in [0.25, 0.3) is 17.7 Å². The number of aromatic nitrogens is 2. The molecule has 246 valence electrons. The molecule has 48 heavy (non-hydrogen) atoms. The van der Waals surface area contributed by atoms with Gasteiger partial charge in [-0.05, 0) is 55.0 Å². The Morgan fingerprint density at radius 3 is 2.42 bits per heavy atom. The summed E-state index contributed by atoms with van der Waals surface area (Å²) in [7, 11) is -1.51. The van der Waals surface area contributed by atoms with Gasteiger partial charge in [-0.1, -0.05) is 36.4 Å². The Hall–Kier alpha value is -5.36. The van der Waals surface area contributed by atoms with Crippen molar-refractivity contribution in [2.45, 2.75) is 31.1 Å². The van der Waals surface area contributed by atoms with Gasteiger partial charge in [0.2, 0.25) is 0 Å². The van der Waals surface area contributed by atoms with Crippen LogP contribution >= 0.6 is 0 Å². The molecule has 15 heteroatoms. The molecule has 10 nitrogen and oxygen atoms in total. The molecule has 4 aromatic rings. The number of alkyl halides is 3. The van der Waals surface area contributed by atoms with Crippen LogP contribution in [0.4, 0.5) is 23.4 Å². The minimum Gasteiger partial charge on any atom is -0.339 e. The quantitative estimate of drug-likeness (QED) is 0.302. The van der Waals surface area contributed by atoms with Crippen LogP contribution in [0.5, 0.6) is 0 Å². The van der Waals surface area contributed by atoms with Crippen LogP contribution in [0.15, 0.2) is 78.9 Å². The Labute approximate surface area is 274 Å². The van der Waals surface area contributed by atoms with E-state index in [-0.39, 0.29) is 40.8 Å². The van der Waals surface area contributed by atoms with E-state index in [1.54, 1.807) is 37.3 Å². The van der Waals surface area contributed by atoms with Gasteiger partial charge in [0, 0.05) is 34.4 Å². The molecule has 0 saturated carbocycles. The van der Waals surface area contributed by atoms with Crippen molar-refractivity contribution in [1.82, 2.24) is 20.0 Å². The molecule has 0 radical (unpaired) electrons. The van der Waals surface area contributed by atoms with Crippen LogP contribution < -0.4 is 10.2 Å². The minimum atomic E-state index is -4.73. The Balaban J connectivity index is 1.57. The lowest BCUT2D eigenvalue weighted by atomic mass is 9.80. The summed E-state index contributed by atoms with van der Waals surface area (Å²) >= 11 is 0. The summed E-state index contributed by atoms with van der Waals surface area (Å²) < 4.78 is 68.5. The molecule has 3 heterocycles. The van der Waals surface area contributed by atoms with E-state index in [1.165, 1.54) is 27.8 Å². The maximum absolute atomic E-state index is 14.4. The number of para-hydroxylation sites is 1. The molecule has 0 bridgehead atoms. The van der Waals surface area contributed by atoms with Crippen LogP contribution in [0, 0.1) is 17.1 Å². The monoisotopic (exact) mass is 678 g/mol. The van der Waals surface area contributed by atoms with Crippen molar-refractivity contribution in [2.24, 2.45) is 0 Å². The molecule has 4 atom stereocenters. The van der Waals surface area contributed by atoms with Gasteiger partial charge in [-0.2, -0.15) is 23.5 Å². The van der Waals surface area contributed by atoms with Crippen LogP contribution in [0.2, 0.25) is 0 Å². The smallest absolute Gasteiger partial charge is 0.339 e. The summed E-state index contributed by atoms with van der Waals surface area (Å²) in [5, 5.41) is 17.0. The zero-order valence-corrected chi connectivity index (χ0v) is 26.0. The van der Waals surface area contributed by atoms with E-state index in [2.05, 4.69) is 10.4 Å². The third-order valence-electron chi connectivity index (χ3n) is 8.23. The molecule has 2 aliphatic rings. The van der Waals surface area contributed by atoms with Crippen molar-refractivity contribution >= 4 is 34.3 Å². The van der Waals surface area contributed by atoms with Crippen LogP contribution in [0.25, 0.3) is 5.69 Å². The van der Waals surface area contributed by atoms with Gasteiger partial charge in [-0.25, -0.2) is 9.07 Å². The molecule has 3 amide bonds. The number of carbonyl (C=O) groups is 3. The predicted octanol–water partition coefficient (Wildman–Crippen LogP) is 4.38. The SMILES string of the molecule is CCN1C(=O)C(NC(=O)c2cccc(C(F)(F)F)c2)C(c2ccc(F)cc2)c2c(C(=O)N3CS(=O)CC3C#N)nn(-c3ccccc3)c21. The van der Waals surface area contributed by atoms with Gasteiger partial charge in [0.1, 0.15) is 23.7 Å². The van der Waals surface area contributed by atoms with Crippen LogP contribution in [-0.4, -0.2) is 66.9 Å². The number of nitriles is 1. The number of likely N-dealkylation sites (N-methyl/N-ethyl adjacent to an activating group) is 1. The first kappa shape index (κ1) is 32.6. The molecule has 0 spiro atoms. The number of rotatable bonds is 6. The maximum Gasteiger partial charge on any atom is 0.416 e. The van der Waals surface area contributed by atoms with E-state index in [0.717, 1.165) is 29.2 Å². The Morgan fingerprint density at radius 2 is 1.77 bits per heavy atom. The maximum atomic E-state index is 14.4. The Kier molecular flexibility index (Phi) is 8.61. The molecule has 4 unspecified atom stereocenters. The number of fused-ring (bicyclic) bond motifs is 1. The number of hydrogen-bond donors (Lipinski definition) is 1. The highest BCUT2D eigenvalue weighted by molar-refractivity contribution is 7.85. The first-order chi connectivity index (χ1) is 22.9. The van der Waals surface area contributed by atoms with Crippen molar-refractivity contribution in [3.05, 3.63) is 113 Å². The summed E-state index contributed by atoms with van der Waals surface area (Å²) in [6.07, 6.45) is -4.73. The first-order valence-corrected chi connectivity index (χ1v) is 16.2. The van der Waals surface area contributed by atoms with E-state index in [9.17, 15) is 41.4 Å². The van der Waals surface area contributed by atoms with Crippen LogP contribution in [0.3, 0.4) is 0 Å². The van der Waals surface area contributed by atoms with Crippen molar-refractivity contribution in [3.8, 4) is 11.8 Å². The lowest BCUT2D eigenvalue weighted by Crippen LogP contribution is -2.55. The number of anilines is 1. The highest BCUT2D eigenvalue weighted by atomic mass is 32.2.